The van der Waals surface area contributed by atoms with Crippen molar-refractivity contribution in [2.45, 2.75) is 0 Å². The van der Waals surface area contributed by atoms with E-state index in [1.165, 1.54) is 4.52 Å². The van der Waals surface area contributed by atoms with Gasteiger partial charge in [0.25, 0.3) is 0 Å². The van der Waals surface area contributed by atoms with Gasteiger partial charge in [-0.1, -0.05) is 6.07 Å². The Bertz CT molecular complexity index is 771. The van der Waals surface area contributed by atoms with Crippen molar-refractivity contribution in [2.75, 3.05) is 0 Å². The largest absolute Gasteiger partial charge is 0.263 e. The number of rotatable bonds is 1. The first-order chi connectivity index (χ1) is 8.78. The zero-order valence-corrected chi connectivity index (χ0v) is 10.7. The van der Waals surface area contributed by atoms with E-state index in [2.05, 4.69) is 37.1 Å². The standard InChI is InChI=1S/C12H6BrN5/c13-9-4-8(6-15-7-9)12-16-11-3-1-2-10(5-14)18(11)17-12/h1-4,6-7H. The van der Waals surface area contributed by atoms with Crippen molar-refractivity contribution in [2.24, 2.45) is 0 Å². The van der Waals surface area contributed by atoms with E-state index in [4.69, 9.17) is 5.26 Å². The molecule has 0 aliphatic rings. The molecule has 86 valence electrons. The Hall–Kier alpha value is -2.26. The van der Waals surface area contributed by atoms with Gasteiger partial charge < -0.3 is 0 Å². The molecule has 0 atom stereocenters. The maximum absolute atomic E-state index is 9.00. The van der Waals surface area contributed by atoms with Crippen LogP contribution < -0.4 is 0 Å². The highest BCUT2D eigenvalue weighted by Crippen LogP contribution is 2.19. The van der Waals surface area contributed by atoms with Crippen LogP contribution in [-0.4, -0.2) is 19.6 Å². The fraction of sp³-hybridized carbons (Fsp3) is 0. The van der Waals surface area contributed by atoms with Crippen molar-refractivity contribution in [1.29, 1.82) is 5.26 Å². The lowest BCUT2D eigenvalue weighted by molar-refractivity contribution is 0.945. The SMILES string of the molecule is N#Cc1cccc2nc(-c3cncc(Br)c3)nn12. The fourth-order valence-electron chi connectivity index (χ4n) is 1.65. The summed E-state index contributed by atoms with van der Waals surface area (Å²) in [7, 11) is 0. The smallest absolute Gasteiger partial charge is 0.183 e. The molecular weight excluding hydrogens is 294 g/mol. The Morgan fingerprint density at radius 1 is 1.28 bits per heavy atom. The fourth-order valence-corrected chi connectivity index (χ4v) is 2.01. The second-order valence-corrected chi connectivity index (χ2v) is 4.54. The highest BCUT2D eigenvalue weighted by Gasteiger charge is 2.09. The molecule has 0 aliphatic heterocycles. The van der Waals surface area contributed by atoms with E-state index in [9.17, 15) is 0 Å². The second-order valence-electron chi connectivity index (χ2n) is 3.62. The summed E-state index contributed by atoms with van der Waals surface area (Å²) in [6.45, 7) is 0. The molecule has 0 N–H and O–H groups in total. The molecule has 0 aliphatic carbocycles. The Morgan fingerprint density at radius 3 is 2.94 bits per heavy atom. The van der Waals surface area contributed by atoms with E-state index < -0.39 is 0 Å². The molecule has 0 saturated heterocycles. The predicted octanol–water partition coefficient (Wildman–Crippen LogP) is 2.43. The molecule has 18 heavy (non-hydrogen) atoms. The van der Waals surface area contributed by atoms with E-state index in [1.807, 2.05) is 12.1 Å². The molecule has 0 amide bonds. The van der Waals surface area contributed by atoms with Crippen molar-refractivity contribution in [1.82, 2.24) is 19.6 Å². The normalized spacial score (nSPS) is 10.4. The molecule has 3 aromatic heterocycles. The number of fused-ring (bicyclic) bond motifs is 1. The molecule has 5 nitrogen and oxygen atoms in total. The van der Waals surface area contributed by atoms with Crippen LogP contribution in [0.15, 0.2) is 41.1 Å². The molecule has 0 radical (unpaired) electrons. The van der Waals surface area contributed by atoms with Gasteiger partial charge in [0.05, 0.1) is 0 Å². The van der Waals surface area contributed by atoms with E-state index in [1.54, 1.807) is 24.5 Å². The van der Waals surface area contributed by atoms with Crippen LogP contribution in [0.3, 0.4) is 0 Å². The summed E-state index contributed by atoms with van der Waals surface area (Å²) in [6, 6.07) is 9.26. The molecule has 0 fully saturated rings. The maximum Gasteiger partial charge on any atom is 0.183 e. The summed E-state index contributed by atoms with van der Waals surface area (Å²) < 4.78 is 2.38. The molecule has 3 rings (SSSR count). The summed E-state index contributed by atoms with van der Waals surface area (Å²) in [5.74, 6) is 0.548. The van der Waals surface area contributed by atoms with E-state index >= 15 is 0 Å². The van der Waals surface area contributed by atoms with Crippen LogP contribution in [0, 0.1) is 11.3 Å². The average molecular weight is 300 g/mol. The summed E-state index contributed by atoms with van der Waals surface area (Å²) in [5, 5.41) is 13.3. The van der Waals surface area contributed by atoms with Crippen molar-refractivity contribution in [3.63, 3.8) is 0 Å². The van der Waals surface area contributed by atoms with Crippen LogP contribution in [0.1, 0.15) is 5.69 Å². The quantitative estimate of drug-likeness (QED) is 0.692. The van der Waals surface area contributed by atoms with Gasteiger partial charge in [0, 0.05) is 22.4 Å². The van der Waals surface area contributed by atoms with Crippen molar-refractivity contribution >= 4 is 21.6 Å². The van der Waals surface area contributed by atoms with Gasteiger partial charge in [-0.25, -0.2) is 9.50 Å². The van der Waals surface area contributed by atoms with Crippen LogP contribution in [0.25, 0.3) is 17.0 Å². The van der Waals surface area contributed by atoms with Gasteiger partial charge in [0.2, 0.25) is 0 Å². The lowest BCUT2D eigenvalue weighted by atomic mass is 10.3. The minimum absolute atomic E-state index is 0.453. The van der Waals surface area contributed by atoms with Crippen molar-refractivity contribution < 1.29 is 0 Å². The number of hydrogen-bond donors (Lipinski definition) is 0. The van der Waals surface area contributed by atoms with Crippen molar-refractivity contribution in [3.05, 3.63) is 46.8 Å². The molecule has 6 heteroatoms. The minimum Gasteiger partial charge on any atom is -0.263 e. The van der Waals surface area contributed by atoms with Crippen LogP contribution in [0.2, 0.25) is 0 Å². The Labute approximate surface area is 111 Å². The third-order valence-corrected chi connectivity index (χ3v) is 2.87. The Morgan fingerprint density at radius 2 is 2.17 bits per heavy atom. The first kappa shape index (κ1) is 10.9. The van der Waals surface area contributed by atoms with Crippen molar-refractivity contribution in [3.8, 4) is 17.5 Å². The molecule has 0 unspecified atom stereocenters. The Kier molecular flexibility index (Phi) is 2.54. The summed E-state index contributed by atoms with van der Waals surface area (Å²) in [4.78, 5) is 8.44. The lowest BCUT2D eigenvalue weighted by Crippen LogP contribution is -1.93. The predicted molar refractivity (Wildman–Crippen MR) is 68.6 cm³/mol. The zero-order valence-electron chi connectivity index (χ0n) is 9.08. The van der Waals surface area contributed by atoms with Gasteiger partial charge >= 0.3 is 0 Å². The number of hydrogen-bond acceptors (Lipinski definition) is 4. The van der Waals surface area contributed by atoms with Crippen LogP contribution in [0.4, 0.5) is 0 Å². The van der Waals surface area contributed by atoms with E-state index in [-0.39, 0.29) is 0 Å². The lowest BCUT2D eigenvalue weighted by Gasteiger charge is -1.94. The Balaban J connectivity index is 2.23. The summed E-state index contributed by atoms with van der Waals surface area (Å²) in [5.41, 5.74) is 1.90. The number of nitriles is 1. The summed E-state index contributed by atoms with van der Waals surface area (Å²) >= 11 is 3.35. The van der Waals surface area contributed by atoms with Crippen LogP contribution >= 0.6 is 15.9 Å². The molecule has 0 saturated carbocycles. The first-order valence-corrected chi connectivity index (χ1v) is 5.94. The molecule has 0 aromatic carbocycles. The third-order valence-electron chi connectivity index (χ3n) is 2.44. The molecular formula is C12H6BrN5. The molecule has 0 spiro atoms. The average Bonchev–Trinajstić information content (AvgIpc) is 2.82. The monoisotopic (exact) mass is 299 g/mol. The highest BCUT2D eigenvalue weighted by atomic mass is 79.9. The number of nitrogens with zero attached hydrogens (tertiary/aromatic N) is 5. The maximum atomic E-state index is 9.00. The zero-order chi connectivity index (χ0) is 12.5. The van der Waals surface area contributed by atoms with Gasteiger partial charge in [-0.05, 0) is 34.1 Å². The molecule has 3 heterocycles. The van der Waals surface area contributed by atoms with E-state index in [0.717, 1.165) is 10.0 Å². The minimum atomic E-state index is 0.453. The van der Waals surface area contributed by atoms with E-state index in [0.29, 0.717) is 17.2 Å². The number of pyridine rings is 2. The molecule has 0 bridgehead atoms. The molecule has 3 aromatic rings. The topological polar surface area (TPSA) is 66.9 Å². The van der Waals surface area contributed by atoms with Crippen LogP contribution in [-0.2, 0) is 0 Å². The number of aromatic nitrogens is 4. The first-order valence-electron chi connectivity index (χ1n) is 5.15. The second kappa shape index (κ2) is 4.20. The van der Waals surface area contributed by atoms with Gasteiger partial charge in [-0.3, -0.25) is 4.98 Å². The summed E-state index contributed by atoms with van der Waals surface area (Å²) in [6.07, 6.45) is 3.38. The highest BCUT2D eigenvalue weighted by molar-refractivity contribution is 9.10. The van der Waals surface area contributed by atoms with Gasteiger partial charge in [-0.15, -0.1) is 5.10 Å². The van der Waals surface area contributed by atoms with Crippen LogP contribution in [0.5, 0.6) is 0 Å². The van der Waals surface area contributed by atoms with Gasteiger partial charge in [0.1, 0.15) is 11.8 Å². The van der Waals surface area contributed by atoms with Gasteiger partial charge in [-0.2, -0.15) is 5.26 Å². The third kappa shape index (κ3) is 1.75. The number of halogens is 1. The van der Waals surface area contributed by atoms with Gasteiger partial charge in [0.15, 0.2) is 11.5 Å².